The normalized spacial score (nSPS) is 14.0. The number of hydrogen-bond acceptors (Lipinski definition) is 6. The van der Waals surface area contributed by atoms with Gasteiger partial charge in [-0.05, 0) is 55.2 Å². The summed E-state index contributed by atoms with van der Waals surface area (Å²) < 4.78 is 37.0. The van der Waals surface area contributed by atoms with Gasteiger partial charge in [-0.2, -0.15) is 0 Å². The summed E-state index contributed by atoms with van der Waals surface area (Å²) >= 11 is 0. The number of nitrogens with zero attached hydrogens (tertiary/aromatic N) is 1. The molecule has 8 nitrogen and oxygen atoms in total. The molecule has 0 radical (unpaired) electrons. The van der Waals surface area contributed by atoms with Gasteiger partial charge in [0, 0.05) is 6.42 Å². The molecule has 3 aromatic rings. The van der Waals surface area contributed by atoms with E-state index in [4.69, 9.17) is 18.5 Å². The van der Waals surface area contributed by atoms with Crippen LogP contribution in [0.3, 0.4) is 0 Å². The van der Waals surface area contributed by atoms with Crippen LogP contribution in [0.1, 0.15) is 101 Å². The molecule has 0 saturated carbocycles. The molecule has 0 amide bonds. The Kier molecular flexibility index (Phi) is 20.8. The Morgan fingerprint density at radius 3 is 1.72 bits per heavy atom. The number of hydrogen-bond donors (Lipinski definition) is 1. The highest BCUT2D eigenvalue weighted by atomic mass is 31.2. The minimum atomic E-state index is -4.43. The van der Waals surface area contributed by atoms with E-state index in [1.165, 1.54) is 25.7 Å². The van der Waals surface area contributed by atoms with Gasteiger partial charge in [0.1, 0.15) is 24.9 Å². The van der Waals surface area contributed by atoms with E-state index in [9.17, 15) is 14.3 Å². The van der Waals surface area contributed by atoms with Crippen molar-refractivity contribution in [3.63, 3.8) is 0 Å². The lowest BCUT2D eigenvalue weighted by Gasteiger charge is -2.37. The molecule has 0 fully saturated rings. The standard InChI is InChI=1S/C45H64NO7P/c1-5-6-7-8-9-10-11-12-13-14-15-16-17-18-28-35-44(47)53-43(39-52-54(48,49)51-37-36-46(2,3)4)38-50-45(40-29-22-19-23-30-40,41-31-24-20-25-32-41)42-33-26-21-27-34-42/h9-10,12-13,19-27,29-34,43H,5-8,11,14-18,28,35-39H2,1-4H3/p+1/b10-9-,13-12-/t43-/m1/s1. The Hall–Kier alpha value is -3.36. The Labute approximate surface area is 325 Å². The van der Waals surface area contributed by atoms with Gasteiger partial charge in [-0.15, -0.1) is 0 Å². The van der Waals surface area contributed by atoms with Crippen LogP contribution in [0.2, 0.25) is 0 Å². The van der Waals surface area contributed by atoms with Gasteiger partial charge in [0.25, 0.3) is 0 Å². The van der Waals surface area contributed by atoms with E-state index in [2.05, 4.69) is 31.2 Å². The number of benzene rings is 3. The average Bonchev–Trinajstić information content (AvgIpc) is 3.16. The molecule has 0 saturated heterocycles. The van der Waals surface area contributed by atoms with Crippen LogP contribution in [-0.2, 0) is 33.5 Å². The fraction of sp³-hybridized carbons (Fsp3) is 0.489. The monoisotopic (exact) mass is 762 g/mol. The first-order valence-electron chi connectivity index (χ1n) is 19.8. The van der Waals surface area contributed by atoms with E-state index >= 15 is 0 Å². The summed E-state index contributed by atoms with van der Waals surface area (Å²) in [6, 6.07) is 29.6. The summed E-state index contributed by atoms with van der Waals surface area (Å²) in [6.45, 7) is 2.29. The number of phosphoric acid groups is 1. The molecule has 0 aliphatic carbocycles. The average molecular weight is 763 g/mol. The van der Waals surface area contributed by atoms with Crippen molar-refractivity contribution in [2.45, 2.75) is 95.7 Å². The number of esters is 1. The number of carbonyl (C=O) groups excluding carboxylic acids is 1. The first-order chi connectivity index (χ1) is 26.1. The minimum absolute atomic E-state index is 0.0319. The molecule has 1 N–H and O–H groups in total. The Morgan fingerprint density at radius 2 is 1.20 bits per heavy atom. The van der Waals surface area contributed by atoms with Gasteiger partial charge in [0.2, 0.25) is 0 Å². The van der Waals surface area contributed by atoms with Crippen molar-refractivity contribution < 1.29 is 37.3 Å². The molecule has 296 valence electrons. The van der Waals surface area contributed by atoms with Crippen LogP contribution in [-0.4, -0.2) is 69.0 Å². The van der Waals surface area contributed by atoms with Crippen LogP contribution in [0, 0.1) is 0 Å². The molecule has 0 aliphatic heterocycles. The van der Waals surface area contributed by atoms with E-state index in [0.717, 1.165) is 55.2 Å². The Balaban J connectivity index is 1.63. The van der Waals surface area contributed by atoms with E-state index in [1.807, 2.05) is 112 Å². The molecule has 54 heavy (non-hydrogen) atoms. The molecule has 0 bridgehead atoms. The molecule has 1 unspecified atom stereocenters. The van der Waals surface area contributed by atoms with Gasteiger partial charge in [-0.25, -0.2) is 4.57 Å². The number of phosphoric ester groups is 1. The third kappa shape index (κ3) is 17.4. The lowest BCUT2D eigenvalue weighted by molar-refractivity contribution is -0.870. The third-order valence-corrected chi connectivity index (χ3v) is 10.1. The van der Waals surface area contributed by atoms with Gasteiger partial charge >= 0.3 is 13.8 Å². The number of ether oxygens (including phenoxy) is 2. The van der Waals surface area contributed by atoms with Crippen molar-refractivity contribution in [1.29, 1.82) is 0 Å². The second-order valence-corrected chi connectivity index (χ2v) is 16.2. The van der Waals surface area contributed by atoms with E-state index in [1.54, 1.807) is 0 Å². The predicted molar refractivity (Wildman–Crippen MR) is 219 cm³/mol. The van der Waals surface area contributed by atoms with Crippen molar-refractivity contribution in [2.24, 2.45) is 0 Å². The fourth-order valence-corrected chi connectivity index (χ4v) is 6.81. The second kappa shape index (κ2) is 24.9. The summed E-state index contributed by atoms with van der Waals surface area (Å²) in [7, 11) is 1.46. The second-order valence-electron chi connectivity index (χ2n) is 14.8. The van der Waals surface area contributed by atoms with Crippen molar-refractivity contribution in [1.82, 2.24) is 0 Å². The third-order valence-electron chi connectivity index (χ3n) is 9.10. The van der Waals surface area contributed by atoms with Gasteiger partial charge in [0.05, 0.1) is 34.4 Å². The highest BCUT2D eigenvalue weighted by Crippen LogP contribution is 2.44. The maximum absolute atomic E-state index is 13.2. The number of unbranched alkanes of at least 4 members (excludes halogenated alkanes) is 8. The summed E-state index contributed by atoms with van der Waals surface area (Å²) in [5.41, 5.74) is 1.58. The summed E-state index contributed by atoms with van der Waals surface area (Å²) in [6.07, 6.45) is 20.3. The van der Waals surface area contributed by atoms with Crippen molar-refractivity contribution in [2.75, 3.05) is 47.5 Å². The summed E-state index contributed by atoms with van der Waals surface area (Å²) in [4.78, 5) is 23.7. The zero-order chi connectivity index (χ0) is 39.0. The maximum atomic E-state index is 13.2. The number of quaternary nitrogens is 1. The minimum Gasteiger partial charge on any atom is -0.457 e. The van der Waals surface area contributed by atoms with Crippen LogP contribution in [0.15, 0.2) is 115 Å². The smallest absolute Gasteiger partial charge is 0.457 e. The summed E-state index contributed by atoms with van der Waals surface area (Å²) in [5, 5.41) is 0. The fourth-order valence-electron chi connectivity index (χ4n) is 6.07. The quantitative estimate of drug-likeness (QED) is 0.0197. The van der Waals surface area contributed by atoms with Gasteiger partial charge < -0.3 is 18.9 Å². The van der Waals surface area contributed by atoms with E-state index in [0.29, 0.717) is 17.4 Å². The topological polar surface area (TPSA) is 91.3 Å². The number of rotatable bonds is 28. The first kappa shape index (κ1) is 45.0. The highest BCUT2D eigenvalue weighted by molar-refractivity contribution is 7.47. The van der Waals surface area contributed by atoms with Crippen LogP contribution in [0.5, 0.6) is 0 Å². The van der Waals surface area contributed by atoms with Gasteiger partial charge in [0.15, 0.2) is 0 Å². The molecule has 9 heteroatoms. The molecule has 0 spiro atoms. The Bertz CT molecular complexity index is 1440. The molecule has 2 atom stereocenters. The maximum Gasteiger partial charge on any atom is 0.472 e. The molecule has 3 rings (SSSR count). The largest absolute Gasteiger partial charge is 0.472 e. The van der Waals surface area contributed by atoms with Crippen molar-refractivity contribution >= 4 is 13.8 Å². The highest BCUT2D eigenvalue weighted by Gasteiger charge is 2.39. The SMILES string of the molecule is CCCCC/C=C\C/C=C\CCCCCCCC(=O)O[C@H](COC(c1ccccc1)(c1ccccc1)c1ccccc1)COP(=O)(O)OCC[N+](C)(C)C. The first-order valence-corrected chi connectivity index (χ1v) is 21.3. The van der Waals surface area contributed by atoms with E-state index < -0.39 is 25.5 Å². The lowest BCUT2D eigenvalue weighted by Crippen LogP contribution is -2.38. The van der Waals surface area contributed by atoms with Gasteiger partial charge in [-0.3, -0.25) is 13.8 Å². The number of allylic oxidation sites excluding steroid dienone is 4. The van der Waals surface area contributed by atoms with E-state index in [-0.39, 0.29) is 26.2 Å². The number of carbonyl (C=O) groups is 1. The predicted octanol–water partition coefficient (Wildman–Crippen LogP) is 10.6. The molecule has 3 aromatic carbocycles. The van der Waals surface area contributed by atoms with Crippen molar-refractivity contribution in [3.8, 4) is 0 Å². The summed E-state index contributed by atoms with van der Waals surface area (Å²) in [5.74, 6) is -0.402. The molecular formula is C45H65NO7P+. The number of likely N-dealkylation sites (N-methyl/N-ethyl adjacent to an activating group) is 1. The van der Waals surface area contributed by atoms with Crippen LogP contribution >= 0.6 is 7.82 Å². The van der Waals surface area contributed by atoms with Crippen LogP contribution in [0.4, 0.5) is 0 Å². The lowest BCUT2D eigenvalue weighted by atomic mass is 9.80. The zero-order valence-corrected chi connectivity index (χ0v) is 34.0. The Morgan fingerprint density at radius 1 is 0.704 bits per heavy atom. The van der Waals surface area contributed by atoms with Crippen LogP contribution in [0.25, 0.3) is 0 Å². The van der Waals surface area contributed by atoms with Crippen molar-refractivity contribution in [3.05, 3.63) is 132 Å². The molecular weight excluding hydrogens is 697 g/mol. The van der Waals surface area contributed by atoms with Crippen LogP contribution < -0.4 is 0 Å². The molecule has 0 aromatic heterocycles. The molecule has 0 aliphatic rings. The van der Waals surface area contributed by atoms with Gasteiger partial charge in [-0.1, -0.05) is 154 Å². The zero-order valence-electron chi connectivity index (χ0n) is 33.2. The molecule has 0 heterocycles.